The van der Waals surface area contributed by atoms with Crippen molar-refractivity contribution in [3.05, 3.63) is 65.2 Å². The van der Waals surface area contributed by atoms with Gasteiger partial charge in [0.15, 0.2) is 0 Å². The molecule has 0 N–H and O–H groups in total. The molecule has 1 aromatic heterocycles. The predicted molar refractivity (Wildman–Crippen MR) is 99.5 cm³/mol. The van der Waals surface area contributed by atoms with E-state index in [0.717, 1.165) is 5.69 Å². The van der Waals surface area contributed by atoms with Crippen LogP contribution in [0.15, 0.2) is 59.7 Å². The van der Waals surface area contributed by atoms with Gasteiger partial charge in [-0.2, -0.15) is 0 Å². The quantitative estimate of drug-likeness (QED) is 0.729. The van der Waals surface area contributed by atoms with Crippen LogP contribution in [0.25, 0.3) is 10.9 Å². The number of hydrogen-bond acceptors (Lipinski definition) is 4. The summed E-state index contributed by atoms with van der Waals surface area (Å²) in [4.78, 5) is 31.5. The summed E-state index contributed by atoms with van der Waals surface area (Å²) in [6.07, 6.45) is 1.73. The molecule has 0 saturated heterocycles. The van der Waals surface area contributed by atoms with E-state index in [1.807, 2.05) is 43.3 Å². The Hall–Kier alpha value is -3.15. The largest absolute Gasteiger partial charge is 0.489 e. The van der Waals surface area contributed by atoms with Crippen LogP contribution in [0.2, 0.25) is 0 Å². The number of fused-ring (bicyclic) bond motifs is 2. The van der Waals surface area contributed by atoms with Gasteiger partial charge in [0.1, 0.15) is 12.4 Å². The number of rotatable bonds is 3. The summed E-state index contributed by atoms with van der Waals surface area (Å²) in [5, 5.41) is 0.563. The van der Waals surface area contributed by atoms with Gasteiger partial charge in [-0.15, -0.1) is 0 Å². The van der Waals surface area contributed by atoms with Crippen molar-refractivity contribution in [3.63, 3.8) is 0 Å². The lowest BCUT2D eigenvalue weighted by Crippen LogP contribution is -2.45. The van der Waals surface area contributed by atoms with E-state index in [1.165, 1.54) is 10.9 Å². The fraction of sp³-hybridized carbons (Fsp3) is 0.250. The van der Waals surface area contributed by atoms with Crippen LogP contribution in [0.3, 0.4) is 0 Å². The topological polar surface area (TPSA) is 64.4 Å². The minimum absolute atomic E-state index is 0.0340. The summed E-state index contributed by atoms with van der Waals surface area (Å²) in [7, 11) is 0. The molecule has 1 aliphatic rings. The van der Waals surface area contributed by atoms with Crippen LogP contribution in [0.5, 0.6) is 5.75 Å². The van der Waals surface area contributed by atoms with Gasteiger partial charge >= 0.3 is 0 Å². The summed E-state index contributed by atoms with van der Waals surface area (Å²) < 4.78 is 7.18. The van der Waals surface area contributed by atoms with Gasteiger partial charge in [-0.1, -0.05) is 24.3 Å². The van der Waals surface area contributed by atoms with E-state index in [2.05, 4.69) is 4.98 Å². The summed E-state index contributed by atoms with van der Waals surface area (Å²) in [6.45, 7) is 2.71. The molecule has 0 saturated carbocycles. The van der Waals surface area contributed by atoms with Crippen molar-refractivity contribution in [2.45, 2.75) is 25.9 Å². The molecule has 4 rings (SSSR count). The molecule has 2 heterocycles. The van der Waals surface area contributed by atoms with Crippen molar-refractivity contribution in [2.24, 2.45) is 0 Å². The van der Waals surface area contributed by atoms with E-state index in [0.29, 0.717) is 29.8 Å². The molecular formula is C20H19N3O3. The molecule has 132 valence electrons. The molecule has 0 radical (unpaired) electrons. The number of carbonyl (C=O) groups is 1. The molecule has 0 fully saturated rings. The third-order valence-corrected chi connectivity index (χ3v) is 4.61. The van der Waals surface area contributed by atoms with Crippen LogP contribution in [-0.4, -0.2) is 28.1 Å². The molecule has 2 aromatic carbocycles. The fourth-order valence-corrected chi connectivity index (χ4v) is 3.28. The molecule has 0 spiro atoms. The average Bonchev–Trinajstić information content (AvgIpc) is 2.67. The second kappa shape index (κ2) is 6.63. The lowest BCUT2D eigenvalue weighted by atomic mass is 10.1. The van der Waals surface area contributed by atoms with Gasteiger partial charge in [0.05, 0.1) is 29.0 Å². The molecule has 3 aromatic rings. The molecule has 1 atom stereocenters. The highest BCUT2D eigenvalue weighted by molar-refractivity contribution is 5.95. The fourth-order valence-electron chi connectivity index (χ4n) is 3.28. The first-order valence-corrected chi connectivity index (χ1v) is 8.63. The Balaban J connectivity index is 1.56. The highest BCUT2D eigenvalue weighted by Crippen LogP contribution is 2.33. The number of hydrogen-bond donors (Lipinski definition) is 0. The smallest absolute Gasteiger partial charge is 0.261 e. The van der Waals surface area contributed by atoms with E-state index in [-0.39, 0.29) is 23.9 Å². The van der Waals surface area contributed by atoms with E-state index in [9.17, 15) is 9.59 Å². The van der Waals surface area contributed by atoms with Crippen LogP contribution in [0.1, 0.15) is 13.3 Å². The Morgan fingerprint density at radius 3 is 2.85 bits per heavy atom. The molecule has 1 aliphatic heterocycles. The second-order valence-electron chi connectivity index (χ2n) is 6.40. The molecular weight excluding hydrogens is 330 g/mol. The third kappa shape index (κ3) is 2.83. The number of aryl methyl sites for hydroxylation is 1. The molecule has 1 amide bonds. The standard InChI is InChI=1S/C20H19N3O3/c1-14-12-26-18-9-5-4-8-17(18)23(14)19(24)10-11-22-13-21-16-7-3-2-6-15(16)20(22)25/h2-9,13-14H,10-12H2,1H3/t14-/m0/s1. The van der Waals surface area contributed by atoms with Crippen molar-refractivity contribution in [2.75, 3.05) is 11.5 Å². The minimum atomic E-state index is -0.126. The number of nitrogens with zero attached hydrogens (tertiary/aromatic N) is 3. The maximum absolute atomic E-state index is 12.9. The van der Waals surface area contributed by atoms with Crippen molar-refractivity contribution in [1.29, 1.82) is 0 Å². The zero-order chi connectivity index (χ0) is 18.1. The van der Waals surface area contributed by atoms with Gasteiger partial charge in [0.25, 0.3) is 5.56 Å². The SMILES string of the molecule is C[C@H]1COc2ccccc2N1C(=O)CCn1cnc2ccccc2c1=O. The zero-order valence-corrected chi connectivity index (χ0v) is 14.5. The van der Waals surface area contributed by atoms with Gasteiger partial charge in [-0.25, -0.2) is 4.98 Å². The number of anilines is 1. The Bertz CT molecular complexity index is 1030. The van der Waals surface area contributed by atoms with Crippen LogP contribution in [0.4, 0.5) is 5.69 Å². The normalized spacial score (nSPS) is 16.2. The molecule has 0 bridgehead atoms. The highest BCUT2D eigenvalue weighted by Gasteiger charge is 2.28. The Kier molecular flexibility index (Phi) is 4.16. The van der Waals surface area contributed by atoms with E-state index in [1.54, 1.807) is 17.0 Å². The van der Waals surface area contributed by atoms with Crippen molar-refractivity contribution in [1.82, 2.24) is 9.55 Å². The summed E-state index contributed by atoms with van der Waals surface area (Å²) in [6, 6.07) is 14.7. The van der Waals surface area contributed by atoms with Crippen molar-refractivity contribution >= 4 is 22.5 Å². The van der Waals surface area contributed by atoms with Crippen molar-refractivity contribution in [3.8, 4) is 5.75 Å². The first-order valence-electron chi connectivity index (χ1n) is 8.63. The summed E-state index contributed by atoms with van der Waals surface area (Å²) in [5.74, 6) is 0.678. The summed E-state index contributed by atoms with van der Waals surface area (Å²) >= 11 is 0. The van der Waals surface area contributed by atoms with Crippen LogP contribution < -0.4 is 15.2 Å². The van der Waals surface area contributed by atoms with Gasteiger partial charge < -0.3 is 9.64 Å². The maximum Gasteiger partial charge on any atom is 0.261 e. The minimum Gasteiger partial charge on any atom is -0.489 e. The van der Waals surface area contributed by atoms with Gasteiger partial charge in [-0.05, 0) is 31.2 Å². The monoisotopic (exact) mass is 349 g/mol. The van der Waals surface area contributed by atoms with Gasteiger partial charge in [0, 0.05) is 13.0 Å². The number of aromatic nitrogens is 2. The first-order chi connectivity index (χ1) is 12.6. The third-order valence-electron chi connectivity index (χ3n) is 4.61. The first kappa shape index (κ1) is 16.3. The molecule has 6 nitrogen and oxygen atoms in total. The average molecular weight is 349 g/mol. The van der Waals surface area contributed by atoms with Crippen LogP contribution >= 0.6 is 0 Å². The van der Waals surface area contributed by atoms with Crippen LogP contribution in [0, 0.1) is 0 Å². The van der Waals surface area contributed by atoms with E-state index < -0.39 is 0 Å². The number of benzene rings is 2. The Morgan fingerprint density at radius 2 is 1.96 bits per heavy atom. The zero-order valence-electron chi connectivity index (χ0n) is 14.5. The summed E-state index contributed by atoms with van der Waals surface area (Å²) in [5.41, 5.74) is 1.31. The van der Waals surface area contributed by atoms with E-state index >= 15 is 0 Å². The lowest BCUT2D eigenvalue weighted by Gasteiger charge is -2.35. The number of amides is 1. The van der Waals surface area contributed by atoms with Gasteiger partial charge in [0.2, 0.25) is 5.91 Å². The molecule has 0 aliphatic carbocycles. The van der Waals surface area contributed by atoms with Crippen LogP contribution in [-0.2, 0) is 11.3 Å². The van der Waals surface area contributed by atoms with E-state index in [4.69, 9.17) is 4.74 Å². The maximum atomic E-state index is 12.9. The molecule has 0 unspecified atom stereocenters. The molecule has 26 heavy (non-hydrogen) atoms. The molecule has 6 heteroatoms. The highest BCUT2D eigenvalue weighted by atomic mass is 16.5. The van der Waals surface area contributed by atoms with Crippen molar-refractivity contribution < 1.29 is 9.53 Å². The van der Waals surface area contributed by atoms with Gasteiger partial charge in [-0.3, -0.25) is 14.2 Å². The lowest BCUT2D eigenvalue weighted by molar-refractivity contribution is -0.119. The number of para-hydroxylation sites is 3. The second-order valence-corrected chi connectivity index (χ2v) is 6.40. The number of ether oxygens (including phenoxy) is 1. The predicted octanol–water partition coefficient (Wildman–Crippen LogP) is 2.60. The Morgan fingerprint density at radius 1 is 1.19 bits per heavy atom. The Labute approximate surface area is 150 Å². The number of carbonyl (C=O) groups excluding carboxylic acids is 1.